The summed E-state index contributed by atoms with van der Waals surface area (Å²) in [5.74, 6) is 1.32. The molecule has 2 heterocycles. The minimum absolute atomic E-state index is 0.352. The summed E-state index contributed by atoms with van der Waals surface area (Å²) in [6, 6.07) is 9.29. The van der Waals surface area contributed by atoms with Crippen molar-refractivity contribution in [3.63, 3.8) is 0 Å². The standard InChI is InChI=1S/C23H34N2S2/c1-3-5-6-22-12-18-26-23(27-22,14-16-25-17-15-24-19-25)13-11-21-9-7-20(4-2)8-10-21/h7-10,15,17,19,22H,3-6,11-14,16,18H2,1-2H3. The highest BCUT2D eigenvalue weighted by Crippen LogP contribution is 2.52. The topological polar surface area (TPSA) is 17.8 Å². The Bertz CT molecular complexity index is 654. The van der Waals surface area contributed by atoms with Gasteiger partial charge in [-0.25, -0.2) is 4.98 Å². The van der Waals surface area contributed by atoms with E-state index >= 15 is 0 Å². The number of thioether (sulfide) groups is 2. The second kappa shape index (κ2) is 10.6. The van der Waals surface area contributed by atoms with Crippen LogP contribution in [0, 0.1) is 0 Å². The van der Waals surface area contributed by atoms with E-state index in [1.54, 1.807) is 0 Å². The minimum atomic E-state index is 0.352. The first kappa shape index (κ1) is 20.9. The molecule has 3 rings (SSSR count). The predicted molar refractivity (Wildman–Crippen MR) is 122 cm³/mol. The van der Waals surface area contributed by atoms with Crippen molar-refractivity contribution < 1.29 is 0 Å². The van der Waals surface area contributed by atoms with Crippen molar-refractivity contribution in [3.8, 4) is 0 Å². The van der Waals surface area contributed by atoms with Gasteiger partial charge in [-0.2, -0.15) is 0 Å². The van der Waals surface area contributed by atoms with Crippen LogP contribution in [-0.4, -0.2) is 24.6 Å². The van der Waals surface area contributed by atoms with Gasteiger partial charge in [0.15, 0.2) is 0 Å². The van der Waals surface area contributed by atoms with Crippen molar-refractivity contribution in [2.45, 2.75) is 81.1 Å². The number of aromatic nitrogens is 2. The van der Waals surface area contributed by atoms with Gasteiger partial charge >= 0.3 is 0 Å². The van der Waals surface area contributed by atoms with Crippen LogP contribution in [0.4, 0.5) is 0 Å². The molecule has 0 bridgehead atoms. The maximum absolute atomic E-state index is 4.22. The zero-order valence-electron chi connectivity index (χ0n) is 16.9. The van der Waals surface area contributed by atoms with Crippen molar-refractivity contribution >= 4 is 23.5 Å². The lowest BCUT2D eigenvalue weighted by Gasteiger charge is -2.40. The summed E-state index contributed by atoms with van der Waals surface area (Å²) < 4.78 is 2.60. The predicted octanol–water partition coefficient (Wildman–Crippen LogP) is 6.59. The Hall–Kier alpha value is -0.870. The highest BCUT2D eigenvalue weighted by molar-refractivity contribution is 8.19. The van der Waals surface area contributed by atoms with Crippen LogP contribution in [0.3, 0.4) is 0 Å². The lowest BCUT2D eigenvalue weighted by Crippen LogP contribution is -2.31. The number of rotatable bonds is 10. The van der Waals surface area contributed by atoms with Crippen LogP contribution in [0.2, 0.25) is 0 Å². The molecule has 2 unspecified atom stereocenters. The summed E-state index contributed by atoms with van der Waals surface area (Å²) in [6.45, 7) is 5.62. The third-order valence-corrected chi connectivity index (χ3v) is 9.26. The van der Waals surface area contributed by atoms with Crippen LogP contribution in [0.25, 0.3) is 0 Å². The number of nitrogens with zero attached hydrogens (tertiary/aromatic N) is 2. The van der Waals surface area contributed by atoms with E-state index in [0.717, 1.165) is 18.2 Å². The molecular weight excluding hydrogens is 368 g/mol. The van der Waals surface area contributed by atoms with Gasteiger partial charge in [0.25, 0.3) is 0 Å². The van der Waals surface area contributed by atoms with E-state index in [-0.39, 0.29) is 0 Å². The minimum Gasteiger partial charge on any atom is -0.337 e. The largest absolute Gasteiger partial charge is 0.337 e. The number of hydrogen-bond acceptors (Lipinski definition) is 3. The van der Waals surface area contributed by atoms with E-state index in [0.29, 0.717) is 4.08 Å². The maximum atomic E-state index is 4.22. The summed E-state index contributed by atoms with van der Waals surface area (Å²) in [6.07, 6.45) is 16.2. The molecule has 148 valence electrons. The highest BCUT2D eigenvalue weighted by Gasteiger charge is 2.37. The van der Waals surface area contributed by atoms with Crippen molar-refractivity contribution in [2.75, 3.05) is 5.75 Å². The lowest BCUT2D eigenvalue weighted by atomic mass is 10.0. The van der Waals surface area contributed by atoms with Crippen LogP contribution in [-0.2, 0) is 19.4 Å². The molecule has 2 nitrogen and oxygen atoms in total. The molecule has 1 saturated heterocycles. The quantitative estimate of drug-likeness (QED) is 0.446. The van der Waals surface area contributed by atoms with Crippen molar-refractivity contribution in [2.24, 2.45) is 0 Å². The maximum Gasteiger partial charge on any atom is 0.0945 e. The molecule has 4 heteroatoms. The molecule has 0 radical (unpaired) electrons. The van der Waals surface area contributed by atoms with Gasteiger partial charge in [-0.3, -0.25) is 0 Å². The molecule has 1 aromatic heterocycles. The van der Waals surface area contributed by atoms with Gasteiger partial charge in [0.2, 0.25) is 0 Å². The number of benzene rings is 1. The smallest absolute Gasteiger partial charge is 0.0945 e. The van der Waals surface area contributed by atoms with E-state index in [2.05, 4.69) is 77.4 Å². The SMILES string of the molecule is CCCCC1CCSC(CCc2ccc(CC)cc2)(CCn2ccnc2)S1. The molecule has 2 atom stereocenters. The van der Waals surface area contributed by atoms with Crippen LogP contribution in [0.15, 0.2) is 43.0 Å². The molecule has 0 aliphatic carbocycles. The first-order valence-electron chi connectivity index (χ1n) is 10.6. The normalized spacial score (nSPS) is 22.8. The van der Waals surface area contributed by atoms with E-state index in [4.69, 9.17) is 0 Å². The van der Waals surface area contributed by atoms with Gasteiger partial charge in [-0.15, -0.1) is 23.5 Å². The van der Waals surface area contributed by atoms with Crippen molar-refractivity contribution in [1.82, 2.24) is 9.55 Å². The Balaban J connectivity index is 1.65. The fourth-order valence-corrected chi connectivity index (χ4v) is 7.68. The molecule has 1 aliphatic rings. The van der Waals surface area contributed by atoms with Gasteiger partial charge in [-0.05, 0) is 55.4 Å². The third-order valence-electron chi connectivity index (χ3n) is 5.60. The van der Waals surface area contributed by atoms with Crippen LogP contribution < -0.4 is 0 Å². The first-order valence-corrected chi connectivity index (χ1v) is 12.4. The number of unbranched alkanes of at least 4 members (excludes halogenated alkanes) is 1. The molecule has 1 aromatic carbocycles. The number of hydrogen-bond donors (Lipinski definition) is 0. The first-order chi connectivity index (χ1) is 13.2. The van der Waals surface area contributed by atoms with Gasteiger partial charge in [0, 0.05) is 24.2 Å². The molecule has 1 aliphatic heterocycles. The average molecular weight is 403 g/mol. The summed E-state index contributed by atoms with van der Waals surface area (Å²) >= 11 is 4.52. The van der Waals surface area contributed by atoms with E-state index in [9.17, 15) is 0 Å². The Kier molecular flexibility index (Phi) is 8.20. The second-order valence-electron chi connectivity index (χ2n) is 7.65. The van der Waals surface area contributed by atoms with E-state index in [1.807, 2.05) is 12.5 Å². The Morgan fingerprint density at radius 3 is 2.67 bits per heavy atom. The zero-order valence-corrected chi connectivity index (χ0v) is 18.5. The van der Waals surface area contributed by atoms with Crippen LogP contribution >= 0.6 is 23.5 Å². The second-order valence-corrected chi connectivity index (χ2v) is 11.1. The fourth-order valence-electron chi connectivity index (χ4n) is 3.79. The van der Waals surface area contributed by atoms with Crippen molar-refractivity contribution in [3.05, 3.63) is 54.1 Å². The molecule has 1 fully saturated rings. The Morgan fingerprint density at radius 1 is 1.15 bits per heavy atom. The Labute approximate surface area is 173 Å². The number of imidazole rings is 1. The molecule has 2 aromatic rings. The van der Waals surface area contributed by atoms with Crippen molar-refractivity contribution in [1.29, 1.82) is 0 Å². The summed E-state index contributed by atoms with van der Waals surface area (Å²) in [5, 5.41) is 0.844. The molecule has 0 N–H and O–H groups in total. The summed E-state index contributed by atoms with van der Waals surface area (Å²) in [4.78, 5) is 4.22. The molecule has 0 saturated carbocycles. The van der Waals surface area contributed by atoms with Gasteiger partial charge < -0.3 is 4.57 Å². The molecular formula is C23H34N2S2. The molecule has 0 amide bonds. The van der Waals surface area contributed by atoms with Crippen LogP contribution in [0.5, 0.6) is 0 Å². The van der Waals surface area contributed by atoms with E-state index in [1.165, 1.54) is 61.8 Å². The molecule has 27 heavy (non-hydrogen) atoms. The Morgan fingerprint density at radius 2 is 1.96 bits per heavy atom. The van der Waals surface area contributed by atoms with E-state index < -0.39 is 0 Å². The highest BCUT2D eigenvalue weighted by atomic mass is 32.2. The van der Waals surface area contributed by atoms with Gasteiger partial charge in [0.1, 0.15) is 0 Å². The molecule has 0 spiro atoms. The third kappa shape index (κ3) is 6.32. The summed E-state index contributed by atoms with van der Waals surface area (Å²) in [7, 11) is 0. The lowest BCUT2D eigenvalue weighted by molar-refractivity contribution is 0.559. The van der Waals surface area contributed by atoms with Gasteiger partial charge in [0.05, 0.1) is 10.4 Å². The summed E-state index contributed by atoms with van der Waals surface area (Å²) in [5.41, 5.74) is 2.93. The number of aryl methyl sites for hydroxylation is 3. The average Bonchev–Trinajstić information content (AvgIpc) is 3.24. The monoisotopic (exact) mass is 402 g/mol. The fraction of sp³-hybridized carbons (Fsp3) is 0.609. The zero-order chi connectivity index (χ0) is 19.0. The van der Waals surface area contributed by atoms with Gasteiger partial charge in [-0.1, -0.05) is 51.0 Å². The van der Waals surface area contributed by atoms with Crippen LogP contribution in [0.1, 0.15) is 63.5 Å².